The van der Waals surface area contributed by atoms with Crippen LogP contribution in [0.2, 0.25) is 0 Å². The molecule has 2 N–H and O–H groups in total. The van der Waals surface area contributed by atoms with E-state index in [-0.39, 0.29) is 0 Å². The van der Waals surface area contributed by atoms with Crippen molar-refractivity contribution in [2.24, 2.45) is 17.6 Å². The predicted molar refractivity (Wildman–Crippen MR) is 60.1 cm³/mol. The second-order valence-corrected chi connectivity index (χ2v) is 4.31. The fourth-order valence-electron chi connectivity index (χ4n) is 2.10. The Morgan fingerprint density at radius 1 is 1.43 bits per heavy atom. The average molecular weight is 197 g/mol. The third-order valence-corrected chi connectivity index (χ3v) is 3.26. The standard InChI is InChI=1S/C12H23NO/c1-3-10(2)8-14-9-12-6-4-5-11(12)7-13/h11-12H,2-9,13H2,1H3. The van der Waals surface area contributed by atoms with E-state index < -0.39 is 0 Å². The van der Waals surface area contributed by atoms with Gasteiger partial charge in [-0.3, -0.25) is 0 Å². The van der Waals surface area contributed by atoms with E-state index in [9.17, 15) is 0 Å². The van der Waals surface area contributed by atoms with Crippen molar-refractivity contribution in [3.63, 3.8) is 0 Å². The van der Waals surface area contributed by atoms with Gasteiger partial charge >= 0.3 is 0 Å². The molecule has 0 saturated heterocycles. The number of rotatable bonds is 6. The summed E-state index contributed by atoms with van der Waals surface area (Å²) in [5.74, 6) is 1.40. The molecule has 82 valence electrons. The van der Waals surface area contributed by atoms with Crippen molar-refractivity contribution in [2.45, 2.75) is 32.6 Å². The monoisotopic (exact) mass is 197 g/mol. The van der Waals surface area contributed by atoms with Crippen LogP contribution in [0.3, 0.4) is 0 Å². The molecular weight excluding hydrogens is 174 g/mol. The smallest absolute Gasteiger partial charge is 0.0674 e. The molecule has 0 bridgehead atoms. The third-order valence-electron chi connectivity index (χ3n) is 3.26. The molecule has 1 aliphatic rings. The van der Waals surface area contributed by atoms with E-state index in [0.29, 0.717) is 11.8 Å². The topological polar surface area (TPSA) is 35.2 Å². The first kappa shape index (κ1) is 11.7. The van der Waals surface area contributed by atoms with Gasteiger partial charge in [-0.1, -0.05) is 25.5 Å². The first-order chi connectivity index (χ1) is 6.77. The average Bonchev–Trinajstić information content (AvgIpc) is 2.65. The molecule has 14 heavy (non-hydrogen) atoms. The second-order valence-electron chi connectivity index (χ2n) is 4.31. The molecular formula is C12H23NO. The zero-order chi connectivity index (χ0) is 10.4. The zero-order valence-electron chi connectivity index (χ0n) is 9.30. The minimum atomic E-state index is 0.699. The van der Waals surface area contributed by atoms with Gasteiger partial charge in [0.15, 0.2) is 0 Å². The molecule has 1 fully saturated rings. The van der Waals surface area contributed by atoms with Gasteiger partial charge in [-0.2, -0.15) is 0 Å². The molecule has 1 aliphatic carbocycles. The lowest BCUT2D eigenvalue weighted by Crippen LogP contribution is -2.22. The number of ether oxygens (including phenoxy) is 1. The highest BCUT2D eigenvalue weighted by Gasteiger charge is 2.25. The van der Waals surface area contributed by atoms with Crippen LogP contribution in [0.15, 0.2) is 12.2 Å². The Bertz CT molecular complexity index is 179. The Labute approximate surface area is 87.5 Å². The van der Waals surface area contributed by atoms with Crippen LogP contribution >= 0.6 is 0 Å². The Hall–Kier alpha value is -0.340. The van der Waals surface area contributed by atoms with Crippen LogP contribution in [-0.4, -0.2) is 19.8 Å². The fourth-order valence-corrected chi connectivity index (χ4v) is 2.10. The summed E-state index contributed by atoms with van der Waals surface area (Å²) in [4.78, 5) is 0. The quantitative estimate of drug-likeness (QED) is 0.663. The molecule has 0 aromatic carbocycles. The molecule has 1 rings (SSSR count). The summed E-state index contributed by atoms with van der Waals surface area (Å²) in [7, 11) is 0. The molecule has 2 atom stereocenters. The lowest BCUT2D eigenvalue weighted by molar-refractivity contribution is 0.102. The first-order valence-corrected chi connectivity index (χ1v) is 5.72. The highest BCUT2D eigenvalue weighted by Crippen LogP contribution is 2.30. The maximum Gasteiger partial charge on any atom is 0.0674 e. The molecule has 0 aromatic rings. The predicted octanol–water partition coefficient (Wildman–Crippen LogP) is 2.34. The van der Waals surface area contributed by atoms with Crippen LogP contribution in [-0.2, 0) is 4.74 Å². The summed E-state index contributed by atoms with van der Waals surface area (Å²) in [5, 5.41) is 0. The molecule has 0 amide bonds. The van der Waals surface area contributed by atoms with Crippen molar-refractivity contribution in [2.75, 3.05) is 19.8 Å². The van der Waals surface area contributed by atoms with Crippen molar-refractivity contribution in [1.82, 2.24) is 0 Å². The van der Waals surface area contributed by atoms with Gasteiger partial charge in [-0.05, 0) is 37.6 Å². The van der Waals surface area contributed by atoms with E-state index in [0.717, 1.165) is 26.2 Å². The normalized spacial score (nSPS) is 26.7. The van der Waals surface area contributed by atoms with E-state index in [4.69, 9.17) is 10.5 Å². The molecule has 0 heterocycles. The van der Waals surface area contributed by atoms with Crippen LogP contribution in [0, 0.1) is 11.8 Å². The Balaban J connectivity index is 2.14. The fraction of sp³-hybridized carbons (Fsp3) is 0.833. The van der Waals surface area contributed by atoms with Gasteiger partial charge in [0.1, 0.15) is 0 Å². The molecule has 2 heteroatoms. The molecule has 2 unspecified atom stereocenters. The summed E-state index contributed by atoms with van der Waals surface area (Å²) < 4.78 is 5.65. The van der Waals surface area contributed by atoms with Crippen molar-refractivity contribution >= 4 is 0 Å². The summed E-state index contributed by atoms with van der Waals surface area (Å²) in [6.45, 7) is 8.47. The van der Waals surface area contributed by atoms with E-state index >= 15 is 0 Å². The van der Waals surface area contributed by atoms with Crippen molar-refractivity contribution < 1.29 is 4.74 Å². The van der Waals surface area contributed by atoms with Gasteiger partial charge in [0, 0.05) is 0 Å². The summed E-state index contributed by atoms with van der Waals surface area (Å²) in [6.07, 6.45) is 4.93. The summed E-state index contributed by atoms with van der Waals surface area (Å²) in [5.41, 5.74) is 6.90. The largest absolute Gasteiger partial charge is 0.377 e. The Kier molecular flexibility index (Phi) is 5.20. The van der Waals surface area contributed by atoms with E-state index in [2.05, 4.69) is 13.5 Å². The first-order valence-electron chi connectivity index (χ1n) is 5.72. The summed E-state index contributed by atoms with van der Waals surface area (Å²) >= 11 is 0. The molecule has 1 saturated carbocycles. The van der Waals surface area contributed by atoms with Crippen molar-refractivity contribution in [1.29, 1.82) is 0 Å². The second kappa shape index (κ2) is 6.20. The van der Waals surface area contributed by atoms with Crippen LogP contribution in [0.1, 0.15) is 32.6 Å². The molecule has 0 spiro atoms. The maximum absolute atomic E-state index is 5.71. The number of hydrogen-bond acceptors (Lipinski definition) is 2. The third kappa shape index (κ3) is 3.43. The minimum absolute atomic E-state index is 0.699. The Morgan fingerprint density at radius 2 is 2.14 bits per heavy atom. The molecule has 0 aromatic heterocycles. The van der Waals surface area contributed by atoms with Crippen LogP contribution in [0.5, 0.6) is 0 Å². The SMILES string of the molecule is C=C(CC)COCC1CCCC1CN. The maximum atomic E-state index is 5.71. The molecule has 0 aliphatic heterocycles. The minimum Gasteiger partial charge on any atom is -0.377 e. The van der Waals surface area contributed by atoms with Gasteiger partial charge in [-0.15, -0.1) is 0 Å². The molecule has 2 nitrogen and oxygen atoms in total. The Morgan fingerprint density at radius 3 is 2.79 bits per heavy atom. The van der Waals surface area contributed by atoms with Gasteiger partial charge in [-0.25, -0.2) is 0 Å². The number of hydrogen-bond donors (Lipinski definition) is 1. The van der Waals surface area contributed by atoms with Gasteiger partial charge in [0.25, 0.3) is 0 Å². The van der Waals surface area contributed by atoms with Gasteiger partial charge in [0.05, 0.1) is 13.2 Å². The highest BCUT2D eigenvalue weighted by atomic mass is 16.5. The summed E-state index contributed by atoms with van der Waals surface area (Å²) in [6, 6.07) is 0. The van der Waals surface area contributed by atoms with Gasteiger partial charge in [0.2, 0.25) is 0 Å². The van der Waals surface area contributed by atoms with Crippen molar-refractivity contribution in [3.05, 3.63) is 12.2 Å². The molecule has 0 radical (unpaired) electrons. The van der Waals surface area contributed by atoms with Gasteiger partial charge < -0.3 is 10.5 Å². The van der Waals surface area contributed by atoms with E-state index in [1.807, 2.05) is 0 Å². The van der Waals surface area contributed by atoms with E-state index in [1.54, 1.807) is 0 Å². The van der Waals surface area contributed by atoms with E-state index in [1.165, 1.54) is 24.8 Å². The van der Waals surface area contributed by atoms with Crippen LogP contribution < -0.4 is 5.73 Å². The lowest BCUT2D eigenvalue weighted by atomic mass is 9.97. The lowest BCUT2D eigenvalue weighted by Gasteiger charge is -2.17. The zero-order valence-corrected chi connectivity index (χ0v) is 9.30. The number of nitrogens with two attached hydrogens (primary N) is 1. The van der Waals surface area contributed by atoms with Crippen LogP contribution in [0.4, 0.5) is 0 Å². The van der Waals surface area contributed by atoms with Crippen LogP contribution in [0.25, 0.3) is 0 Å². The highest BCUT2D eigenvalue weighted by molar-refractivity contribution is 4.92. The van der Waals surface area contributed by atoms with Crippen molar-refractivity contribution in [3.8, 4) is 0 Å².